The average Bonchev–Trinajstić information content (AvgIpc) is 2.12. The minimum absolute atomic E-state index is 0.425. The van der Waals surface area contributed by atoms with Gasteiger partial charge in [0.15, 0.2) is 0 Å². The molecule has 0 radical (unpaired) electrons. The fourth-order valence-corrected chi connectivity index (χ4v) is 0.898. The predicted octanol–water partition coefficient (Wildman–Crippen LogP) is 2.23. The van der Waals surface area contributed by atoms with Crippen LogP contribution in [0.3, 0.4) is 0 Å². The maximum absolute atomic E-state index is 7.55. The average molecular weight is 131 g/mol. The molecule has 0 saturated carbocycles. The van der Waals surface area contributed by atoms with Crippen molar-refractivity contribution in [3.05, 3.63) is 42.7 Å². The molecule has 0 saturated heterocycles. The molecule has 0 N–H and O–H groups in total. The fourth-order valence-electron chi connectivity index (χ4n) is 0.898. The van der Waals surface area contributed by atoms with E-state index < -0.39 is 0 Å². The number of nitrogens with zero attached hydrogens (tertiary/aromatic N) is 1. The minimum atomic E-state index is 0.425. The molecule has 0 spiro atoms. The second-order valence-electron chi connectivity index (χ2n) is 2.04. The van der Waals surface area contributed by atoms with Gasteiger partial charge < -0.3 is 0 Å². The Morgan fingerprint density at radius 3 is 2.80 bits per heavy atom. The second kappa shape index (κ2) is 2.10. The Morgan fingerprint density at radius 2 is 2.00 bits per heavy atom. The molecule has 2 aromatic rings. The first-order valence-corrected chi connectivity index (χ1v) is 3.09. The third-order valence-corrected chi connectivity index (χ3v) is 1.38. The SMILES string of the molecule is [2H]c1ccc([2H])c2cnccc12. The number of rotatable bonds is 0. The summed E-state index contributed by atoms with van der Waals surface area (Å²) < 4.78 is 15.1. The summed E-state index contributed by atoms with van der Waals surface area (Å²) in [5.41, 5.74) is 0. The van der Waals surface area contributed by atoms with Gasteiger partial charge in [-0.1, -0.05) is 24.2 Å². The molecule has 1 nitrogen and oxygen atoms in total. The van der Waals surface area contributed by atoms with Crippen molar-refractivity contribution in [2.75, 3.05) is 0 Å². The topological polar surface area (TPSA) is 12.9 Å². The Balaban J connectivity index is 2.95. The van der Waals surface area contributed by atoms with Gasteiger partial charge in [0.05, 0.1) is 2.74 Å². The zero-order valence-corrected chi connectivity index (χ0v) is 5.33. The summed E-state index contributed by atoms with van der Waals surface area (Å²) in [5, 5.41) is 1.53. The van der Waals surface area contributed by atoms with E-state index in [2.05, 4.69) is 4.98 Å². The number of hydrogen-bond acceptors (Lipinski definition) is 1. The van der Waals surface area contributed by atoms with Gasteiger partial charge in [0.2, 0.25) is 0 Å². The quantitative estimate of drug-likeness (QED) is 0.534. The van der Waals surface area contributed by atoms with E-state index >= 15 is 0 Å². The number of hydrogen-bond donors (Lipinski definition) is 0. The number of benzene rings is 1. The van der Waals surface area contributed by atoms with Crippen LogP contribution in [0, 0.1) is 0 Å². The lowest BCUT2D eigenvalue weighted by Crippen LogP contribution is -1.71. The number of fused-ring (bicyclic) bond motifs is 1. The van der Waals surface area contributed by atoms with E-state index in [9.17, 15) is 0 Å². The van der Waals surface area contributed by atoms with Crippen molar-refractivity contribution < 1.29 is 2.74 Å². The molecule has 0 bridgehead atoms. The fraction of sp³-hybridized carbons (Fsp3) is 0. The zero-order chi connectivity index (χ0) is 8.55. The van der Waals surface area contributed by atoms with Gasteiger partial charge >= 0.3 is 0 Å². The van der Waals surface area contributed by atoms with E-state index in [0.717, 1.165) is 10.8 Å². The van der Waals surface area contributed by atoms with Crippen LogP contribution in [0.5, 0.6) is 0 Å². The van der Waals surface area contributed by atoms with E-state index in [1.807, 2.05) is 0 Å². The first-order chi connectivity index (χ1) is 5.79. The van der Waals surface area contributed by atoms with Gasteiger partial charge in [0, 0.05) is 12.4 Å². The third-order valence-electron chi connectivity index (χ3n) is 1.38. The lowest BCUT2D eigenvalue weighted by atomic mass is 10.2. The highest BCUT2D eigenvalue weighted by atomic mass is 14.6. The molecule has 0 amide bonds. The smallest absolute Gasteiger partial charge is 0.0630 e. The first-order valence-electron chi connectivity index (χ1n) is 4.09. The van der Waals surface area contributed by atoms with Crippen LogP contribution in [-0.2, 0) is 0 Å². The van der Waals surface area contributed by atoms with Gasteiger partial charge in [0.1, 0.15) is 0 Å². The molecule has 0 atom stereocenters. The van der Waals surface area contributed by atoms with Gasteiger partial charge in [-0.15, -0.1) is 0 Å². The summed E-state index contributed by atoms with van der Waals surface area (Å²) in [6.45, 7) is 0. The van der Waals surface area contributed by atoms with Gasteiger partial charge in [-0.2, -0.15) is 0 Å². The Labute approximate surface area is 62.1 Å². The van der Waals surface area contributed by atoms with Gasteiger partial charge in [-0.3, -0.25) is 4.98 Å². The van der Waals surface area contributed by atoms with Crippen LogP contribution in [0.1, 0.15) is 2.74 Å². The van der Waals surface area contributed by atoms with Crippen molar-refractivity contribution in [1.82, 2.24) is 4.98 Å². The van der Waals surface area contributed by atoms with Crippen LogP contribution in [0.4, 0.5) is 0 Å². The summed E-state index contributed by atoms with van der Waals surface area (Å²) in [4.78, 5) is 3.91. The van der Waals surface area contributed by atoms with Crippen LogP contribution in [0.15, 0.2) is 42.7 Å². The number of pyridine rings is 1. The van der Waals surface area contributed by atoms with Crippen LogP contribution in [0.25, 0.3) is 10.8 Å². The molecule has 1 aromatic heterocycles. The number of aromatic nitrogens is 1. The van der Waals surface area contributed by atoms with Crippen LogP contribution in [-0.4, -0.2) is 4.98 Å². The molecular weight excluding hydrogens is 122 g/mol. The van der Waals surface area contributed by atoms with Crippen molar-refractivity contribution in [3.63, 3.8) is 0 Å². The Kier molecular flexibility index (Phi) is 0.781. The molecule has 2 rings (SSSR count). The van der Waals surface area contributed by atoms with Gasteiger partial charge in [0.25, 0.3) is 0 Å². The van der Waals surface area contributed by atoms with E-state index in [0.29, 0.717) is 12.1 Å². The maximum atomic E-state index is 7.55. The maximum Gasteiger partial charge on any atom is 0.0630 e. The Bertz CT molecular complexity index is 385. The molecule has 1 heterocycles. The highest BCUT2D eigenvalue weighted by Gasteiger charge is 1.86. The van der Waals surface area contributed by atoms with Gasteiger partial charge in [-0.25, -0.2) is 0 Å². The molecule has 10 heavy (non-hydrogen) atoms. The molecule has 1 heteroatoms. The standard InChI is InChI=1S/C9H7N/c1-2-4-9-7-10-6-5-8(9)3-1/h1-7H/i3D,4D. The summed E-state index contributed by atoms with van der Waals surface area (Å²) >= 11 is 0. The van der Waals surface area contributed by atoms with Crippen molar-refractivity contribution in [2.24, 2.45) is 0 Å². The van der Waals surface area contributed by atoms with Crippen molar-refractivity contribution >= 4 is 10.8 Å². The molecule has 0 aliphatic heterocycles. The van der Waals surface area contributed by atoms with Crippen LogP contribution < -0.4 is 0 Å². The molecule has 48 valence electrons. The van der Waals surface area contributed by atoms with Crippen molar-refractivity contribution in [1.29, 1.82) is 0 Å². The third kappa shape index (κ3) is 0.760. The van der Waals surface area contributed by atoms with E-state index in [4.69, 9.17) is 2.74 Å². The van der Waals surface area contributed by atoms with Crippen LogP contribution in [0.2, 0.25) is 0 Å². The zero-order valence-electron chi connectivity index (χ0n) is 7.33. The summed E-state index contributed by atoms with van der Waals surface area (Å²) in [5.74, 6) is 0. The monoisotopic (exact) mass is 131 g/mol. The molecule has 0 fully saturated rings. The largest absolute Gasteiger partial charge is 0.264 e. The Hall–Kier alpha value is -1.37. The molecule has 0 aliphatic carbocycles. The molecule has 1 aromatic carbocycles. The predicted molar refractivity (Wildman–Crippen MR) is 41.7 cm³/mol. The summed E-state index contributed by atoms with van der Waals surface area (Å²) in [6, 6.07) is 5.88. The van der Waals surface area contributed by atoms with Crippen LogP contribution >= 0.6 is 0 Å². The van der Waals surface area contributed by atoms with E-state index in [1.165, 1.54) is 0 Å². The Morgan fingerprint density at radius 1 is 1.20 bits per heavy atom. The lowest BCUT2D eigenvalue weighted by molar-refractivity contribution is 1.36. The lowest BCUT2D eigenvalue weighted by Gasteiger charge is -1.91. The molecule has 0 unspecified atom stereocenters. The highest BCUT2D eigenvalue weighted by molar-refractivity contribution is 5.80. The van der Waals surface area contributed by atoms with E-state index in [-0.39, 0.29) is 0 Å². The van der Waals surface area contributed by atoms with Crippen molar-refractivity contribution in [3.8, 4) is 0 Å². The van der Waals surface area contributed by atoms with E-state index in [1.54, 1.807) is 30.6 Å². The summed E-state index contributed by atoms with van der Waals surface area (Å²) in [6.07, 6.45) is 3.26. The van der Waals surface area contributed by atoms with Gasteiger partial charge in [-0.05, 0) is 16.8 Å². The van der Waals surface area contributed by atoms with Crippen molar-refractivity contribution in [2.45, 2.75) is 0 Å². The first kappa shape index (κ1) is 3.71. The normalized spacial score (nSPS) is 12.8. The molecule has 0 aliphatic rings. The summed E-state index contributed by atoms with van der Waals surface area (Å²) in [7, 11) is 0. The second-order valence-corrected chi connectivity index (χ2v) is 2.04. The molecular formula is C9H7N. The highest BCUT2D eigenvalue weighted by Crippen LogP contribution is 2.09. The minimum Gasteiger partial charge on any atom is -0.264 e.